The van der Waals surface area contributed by atoms with Gasteiger partial charge in [-0.3, -0.25) is 19.5 Å². The van der Waals surface area contributed by atoms with Crippen molar-refractivity contribution >= 4 is 40.8 Å². The van der Waals surface area contributed by atoms with Gasteiger partial charge in [0.1, 0.15) is 12.4 Å². The van der Waals surface area contributed by atoms with E-state index in [-0.39, 0.29) is 24.0 Å². The van der Waals surface area contributed by atoms with E-state index in [1.807, 2.05) is 42.7 Å². The number of hydrogen-bond donors (Lipinski definition) is 0. The molecule has 0 spiro atoms. The van der Waals surface area contributed by atoms with Crippen LogP contribution in [0.4, 0.5) is 5.69 Å². The van der Waals surface area contributed by atoms with Gasteiger partial charge >= 0.3 is 5.97 Å². The summed E-state index contributed by atoms with van der Waals surface area (Å²) in [5.74, 6) is 0.128. The van der Waals surface area contributed by atoms with E-state index in [4.69, 9.17) is 9.47 Å². The highest BCUT2D eigenvalue weighted by atomic mass is 32.2. The summed E-state index contributed by atoms with van der Waals surface area (Å²) in [6.45, 7) is 5.61. The zero-order chi connectivity index (χ0) is 30.7. The molecule has 0 N–H and O–H groups in total. The molecule has 3 aromatic carbocycles. The van der Waals surface area contributed by atoms with Gasteiger partial charge in [-0.05, 0) is 86.2 Å². The fourth-order valence-electron chi connectivity index (χ4n) is 4.65. The lowest BCUT2D eigenvalue weighted by Crippen LogP contribution is -2.40. The van der Waals surface area contributed by atoms with E-state index >= 15 is 0 Å². The molecule has 0 saturated heterocycles. The van der Waals surface area contributed by atoms with Crippen molar-refractivity contribution in [1.82, 2.24) is 4.57 Å². The van der Waals surface area contributed by atoms with Crippen molar-refractivity contribution in [1.29, 1.82) is 0 Å². The summed E-state index contributed by atoms with van der Waals surface area (Å²) >= 11 is 2.88. The largest absolute Gasteiger partial charge is 0.489 e. The third-order valence-corrected chi connectivity index (χ3v) is 8.47. The third kappa shape index (κ3) is 6.63. The first-order valence-corrected chi connectivity index (χ1v) is 15.5. The summed E-state index contributed by atoms with van der Waals surface area (Å²) in [5, 5.41) is 10.9. The Morgan fingerprint density at radius 2 is 1.77 bits per heavy atom. The Bertz CT molecular complexity index is 1870. The van der Waals surface area contributed by atoms with Crippen LogP contribution in [0.3, 0.4) is 0 Å². The predicted molar refractivity (Wildman–Crippen MR) is 167 cm³/mol. The Kier molecular flexibility index (Phi) is 8.93. The number of nitrogens with zero attached hydrogens (tertiary/aromatic N) is 3. The van der Waals surface area contributed by atoms with Gasteiger partial charge in [0.25, 0.3) is 11.2 Å². The highest BCUT2D eigenvalue weighted by Crippen LogP contribution is 2.32. The van der Waals surface area contributed by atoms with Gasteiger partial charge in [0, 0.05) is 17.0 Å². The van der Waals surface area contributed by atoms with Gasteiger partial charge in [-0.25, -0.2) is 9.79 Å². The van der Waals surface area contributed by atoms with E-state index in [2.05, 4.69) is 4.99 Å². The molecule has 43 heavy (non-hydrogen) atoms. The first-order chi connectivity index (χ1) is 20.6. The van der Waals surface area contributed by atoms with Crippen molar-refractivity contribution in [2.24, 2.45) is 4.99 Å². The minimum absolute atomic E-state index is 0.0279. The van der Waals surface area contributed by atoms with Crippen LogP contribution < -0.4 is 19.6 Å². The first-order valence-electron chi connectivity index (χ1n) is 13.5. The fourth-order valence-corrected chi connectivity index (χ4v) is 6.11. The zero-order valence-corrected chi connectivity index (χ0v) is 25.6. The molecule has 1 aliphatic rings. The van der Waals surface area contributed by atoms with E-state index in [0.29, 0.717) is 26.4 Å². The Morgan fingerprint density at radius 3 is 2.37 bits per heavy atom. The highest BCUT2D eigenvalue weighted by Gasteiger charge is 2.33. The minimum Gasteiger partial charge on any atom is -0.489 e. The van der Waals surface area contributed by atoms with Gasteiger partial charge in [-0.2, -0.15) is 0 Å². The molecule has 1 atom stereocenters. The van der Waals surface area contributed by atoms with Crippen molar-refractivity contribution in [2.75, 3.05) is 6.26 Å². The number of thioether (sulfide) groups is 1. The average molecular weight is 616 g/mol. The smallest absolute Gasteiger partial charge is 0.338 e. The maximum Gasteiger partial charge on any atom is 0.338 e. The van der Waals surface area contributed by atoms with Crippen LogP contribution in [0.1, 0.15) is 43.5 Å². The fraction of sp³-hybridized carbons (Fsp3) is 0.219. The normalized spacial score (nSPS) is 14.8. The number of benzene rings is 3. The SMILES string of the molecule is CSc1ccc([C@H]2C(C(=O)OC(C)C)=C(C)N=c3s/c(=C\c4ccc(OCc5ccc([N+](=O)[O-])cc5)cc4)c(=O)n32)cc1. The van der Waals surface area contributed by atoms with Gasteiger partial charge in [-0.15, -0.1) is 11.8 Å². The Balaban J connectivity index is 1.45. The van der Waals surface area contributed by atoms with Crippen molar-refractivity contribution in [3.8, 4) is 5.75 Å². The molecule has 1 aromatic heterocycles. The molecule has 0 fully saturated rings. The molecule has 0 bridgehead atoms. The Labute approximate surface area is 256 Å². The summed E-state index contributed by atoms with van der Waals surface area (Å²) < 4.78 is 13.5. The van der Waals surface area contributed by atoms with Gasteiger partial charge in [0.15, 0.2) is 4.80 Å². The number of hydrogen-bond acceptors (Lipinski definition) is 9. The summed E-state index contributed by atoms with van der Waals surface area (Å²) in [7, 11) is 0. The quantitative estimate of drug-likeness (QED) is 0.107. The lowest BCUT2D eigenvalue weighted by Gasteiger charge is -2.25. The molecule has 220 valence electrons. The molecule has 1 aliphatic heterocycles. The molecular formula is C32H29N3O6S2. The van der Waals surface area contributed by atoms with Crippen molar-refractivity contribution < 1.29 is 19.2 Å². The monoisotopic (exact) mass is 615 g/mol. The minimum atomic E-state index is -0.671. The van der Waals surface area contributed by atoms with Crippen LogP contribution in [0.2, 0.25) is 0 Å². The number of carbonyl (C=O) groups is 1. The number of esters is 1. The third-order valence-electron chi connectivity index (χ3n) is 6.75. The van der Waals surface area contributed by atoms with E-state index < -0.39 is 16.9 Å². The molecule has 0 aliphatic carbocycles. The second-order valence-electron chi connectivity index (χ2n) is 10.1. The molecule has 11 heteroatoms. The molecule has 4 aromatic rings. The number of rotatable bonds is 9. The van der Waals surface area contributed by atoms with Crippen LogP contribution >= 0.6 is 23.1 Å². The van der Waals surface area contributed by atoms with Gasteiger partial charge in [-0.1, -0.05) is 35.6 Å². The summed E-state index contributed by atoms with van der Waals surface area (Å²) in [6, 6.07) is 20.6. The molecular weight excluding hydrogens is 587 g/mol. The molecule has 0 unspecified atom stereocenters. The van der Waals surface area contributed by atoms with Crippen LogP contribution in [0.15, 0.2) is 98.7 Å². The molecule has 2 heterocycles. The summed E-state index contributed by atoms with van der Waals surface area (Å²) in [5.41, 5.74) is 3.05. The predicted octanol–water partition coefficient (Wildman–Crippen LogP) is 5.40. The number of thiazole rings is 1. The highest BCUT2D eigenvalue weighted by molar-refractivity contribution is 7.98. The van der Waals surface area contributed by atoms with Crippen LogP contribution in [0, 0.1) is 10.1 Å². The molecule has 5 rings (SSSR count). The lowest BCUT2D eigenvalue weighted by molar-refractivity contribution is -0.384. The molecule has 0 saturated carbocycles. The standard InChI is InChI=1S/C32H29N3O6S2/c1-19(2)41-31(37)28-20(3)33-32-34(29(28)23-9-15-26(42-4)16-10-23)30(36)27(43-32)17-21-7-13-25(14-8-21)40-18-22-5-11-24(12-6-22)35(38)39/h5-17,19,29H,18H2,1-4H3/b27-17-/t29-/m0/s1. The number of aromatic nitrogens is 1. The first kappa shape index (κ1) is 30.0. The number of carbonyl (C=O) groups excluding carboxylic acids is 1. The van der Waals surface area contributed by atoms with E-state index in [0.717, 1.165) is 21.6 Å². The number of nitro benzene ring substituents is 1. The number of nitro groups is 1. The topological polar surface area (TPSA) is 113 Å². The number of fused-ring (bicyclic) bond motifs is 1. The maximum atomic E-state index is 13.9. The number of allylic oxidation sites excluding steroid dienone is 1. The van der Waals surface area contributed by atoms with Crippen LogP contribution in [0.5, 0.6) is 5.75 Å². The van der Waals surface area contributed by atoms with Crippen molar-refractivity contribution in [3.63, 3.8) is 0 Å². The van der Waals surface area contributed by atoms with Gasteiger partial charge < -0.3 is 9.47 Å². The molecule has 0 amide bonds. The number of non-ortho nitro benzene ring substituents is 1. The van der Waals surface area contributed by atoms with E-state index in [9.17, 15) is 19.7 Å². The van der Waals surface area contributed by atoms with Crippen molar-refractivity contribution in [2.45, 2.75) is 44.4 Å². The van der Waals surface area contributed by atoms with Crippen molar-refractivity contribution in [3.05, 3.63) is 131 Å². The average Bonchev–Trinajstić information content (AvgIpc) is 3.29. The van der Waals surface area contributed by atoms with Crippen LogP contribution in [-0.2, 0) is 16.1 Å². The summed E-state index contributed by atoms with van der Waals surface area (Å²) in [4.78, 5) is 43.8. The molecule has 9 nitrogen and oxygen atoms in total. The number of ether oxygens (including phenoxy) is 2. The van der Waals surface area contributed by atoms with E-state index in [1.54, 1.807) is 67.4 Å². The molecule has 0 radical (unpaired) electrons. The van der Waals surface area contributed by atoms with Crippen LogP contribution in [-0.4, -0.2) is 27.8 Å². The lowest BCUT2D eigenvalue weighted by atomic mass is 9.96. The Hall–Kier alpha value is -4.48. The van der Waals surface area contributed by atoms with Crippen LogP contribution in [0.25, 0.3) is 6.08 Å². The van der Waals surface area contributed by atoms with Gasteiger partial charge in [0.05, 0.1) is 32.9 Å². The van der Waals surface area contributed by atoms with Gasteiger partial charge in [0.2, 0.25) is 0 Å². The van der Waals surface area contributed by atoms with E-state index in [1.165, 1.54) is 23.5 Å². The maximum absolute atomic E-state index is 13.9. The zero-order valence-electron chi connectivity index (χ0n) is 24.0. The summed E-state index contributed by atoms with van der Waals surface area (Å²) in [6.07, 6.45) is 3.46. The second-order valence-corrected chi connectivity index (χ2v) is 12.0. The second kappa shape index (κ2) is 12.8. The Morgan fingerprint density at radius 1 is 1.09 bits per heavy atom.